The second-order valence-corrected chi connectivity index (χ2v) is 5.17. The Morgan fingerprint density at radius 3 is 2.76 bits per heavy atom. The third kappa shape index (κ3) is 2.31. The Balaban J connectivity index is 2.04. The van der Waals surface area contributed by atoms with E-state index >= 15 is 0 Å². The van der Waals surface area contributed by atoms with Gasteiger partial charge in [0.2, 0.25) is 5.91 Å². The molecule has 0 aromatic carbocycles. The average Bonchev–Trinajstić information content (AvgIpc) is 2.27. The number of rotatable bonds is 3. The number of amides is 1. The molecule has 0 unspecified atom stereocenters. The monoisotopic (exact) mass is 233 g/mol. The molecule has 0 radical (unpaired) electrons. The molecule has 0 saturated heterocycles. The smallest absolute Gasteiger partial charge is 0.233 e. The Morgan fingerprint density at radius 1 is 1.59 bits per heavy atom. The summed E-state index contributed by atoms with van der Waals surface area (Å²) in [6, 6.07) is 3.75. The van der Waals surface area contributed by atoms with Crippen LogP contribution in [0.25, 0.3) is 0 Å². The lowest BCUT2D eigenvalue weighted by atomic mass is 9.62. The summed E-state index contributed by atoms with van der Waals surface area (Å²) in [6.07, 6.45) is 3.50. The van der Waals surface area contributed by atoms with Crippen LogP contribution in [0.4, 0.5) is 5.82 Å². The van der Waals surface area contributed by atoms with Gasteiger partial charge >= 0.3 is 0 Å². The first kappa shape index (κ1) is 12.0. The van der Waals surface area contributed by atoms with Crippen LogP contribution in [-0.4, -0.2) is 17.4 Å². The predicted octanol–water partition coefficient (Wildman–Crippen LogP) is 1.70. The number of hydrogen-bond donors (Lipinski definition) is 2. The summed E-state index contributed by atoms with van der Waals surface area (Å²) in [4.78, 5) is 16.3. The number of nitrogens with one attached hydrogen (secondary N) is 1. The maximum Gasteiger partial charge on any atom is 0.233 e. The average molecular weight is 233 g/mol. The molecular weight excluding hydrogens is 214 g/mol. The van der Waals surface area contributed by atoms with Crippen molar-refractivity contribution in [3.05, 3.63) is 23.9 Å². The standard InChI is InChI=1S/C13H19N3O/c1-9-3-4-11(15-7-9)16-12(17)13(8-14)5-10(2)6-13/h3-4,7,10H,5-6,8,14H2,1-2H3,(H,15,16,17). The predicted molar refractivity (Wildman–Crippen MR) is 67.5 cm³/mol. The van der Waals surface area contributed by atoms with Gasteiger partial charge in [-0.25, -0.2) is 4.98 Å². The number of carbonyl (C=O) groups is 1. The van der Waals surface area contributed by atoms with Crippen LogP contribution >= 0.6 is 0 Å². The third-order valence-corrected chi connectivity index (χ3v) is 3.50. The fourth-order valence-electron chi connectivity index (χ4n) is 2.51. The molecule has 1 amide bonds. The fraction of sp³-hybridized carbons (Fsp3) is 0.538. The molecule has 0 aliphatic heterocycles. The summed E-state index contributed by atoms with van der Waals surface area (Å²) in [7, 11) is 0. The molecule has 2 rings (SSSR count). The van der Waals surface area contributed by atoms with E-state index in [1.165, 1.54) is 0 Å². The number of pyridine rings is 1. The van der Waals surface area contributed by atoms with Crippen molar-refractivity contribution in [2.45, 2.75) is 26.7 Å². The minimum Gasteiger partial charge on any atom is -0.329 e. The molecule has 1 fully saturated rings. The number of carbonyl (C=O) groups excluding carboxylic acids is 1. The van der Waals surface area contributed by atoms with Gasteiger partial charge < -0.3 is 11.1 Å². The van der Waals surface area contributed by atoms with Crippen molar-refractivity contribution in [2.75, 3.05) is 11.9 Å². The second kappa shape index (κ2) is 4.45. The highest BCUT2D eigenvalue weighted by Gasteiger charge is 2.47. The molecule has 4 nitrogen and oxygen atoms in total. The van der Waals surface area contributed by atoms with Crippen LogP contribution in [-0.2, 0) is 4.79 Å². The highest BCUT2D eigenvalue weighted by atomic mass is 16.2. The van der Waals surface area contributed by atoms with Gasteiger partial charge in [0.15, 0.2) is 0 Å². The molecule has 1 heterocycles. The second-order valence-electron chi connectivity index (χ2n) is 5.17. The summed E-state index contributed by atoms with van der Waals surface area (Å²) in [5.74, 6) is 1.21. The van der Waals surface area contributed by atoms with Crippen LogP contribution < -0.4 is 11.1 Å². The van der Waals surface area contributed by atoms with Crippen LogP contribution in [0.5, 0.6) is 0 Å². The lowest BCUT2D eigenvalue weighted by molar-refractivity contribution is -0.132. The van der Waals surface area contributed by atoms with Crippen molar-refractivity contribution >= 4 is 11.7 Å². The normalized spacial score (nSPS) is 27.4. The van der Waals surface area contributed by atoms with E-state index in [1.807, 2.05) is 19.1 Å². The summed E-state index contributed by atoms with van der Waals surface area (Å²) in [6.45, 7) is 4.52. The molecule has 4 heteroatoms. The van der Waals surface area contributed by atoms with Crippen LogP contribution in [0.15, 0.2) is 18.3 Å². The Morgan fingerprint density at radius 2 is 2.29 bits per heavy atom. The molecule has 17 heavy (non-hydrogen) atoms. The van der Waals surface area contributed by atoms with Crippen molar-refractivity contribution in [2.24, 2.45) is 17.1 Å². The SMILES string of the molecule is Cc1ccc(NC(=O)C2(CN)CC(C)C2)nc1. The first-order valence-corrected chi connectivity index (χ1v) is 6.00. The van der Waals surface area contributed by atoms with Crippen LogP contribution in [0.2, 0.25) is 0 Å². The maximum atomic E-state index is 12.1. The van der Waals surface area contributed by atoms with Gasteiger partial charge in [-0.15, -0.1) is 0 Å². The molecule has 3 N–H and O–H groups in total. The summed E-state index contributed by atoms with van der Waals surface area (Å²) < 4.78 is 0. The zero-order valence-electron chi connectivity index (χ0n) is 10.4. The van der Waals surface area contributed by atoms with E-state index in [0.29, 0.717) is 18.3 Å². The largest absolute Gasteiger partial charge is 0.329 e. The molecular formula is C13H19N3O. The maximum absolute atomic E-state index is 12.1. The first-order valence-electron chi connectivity index (χ1n) is 6.00. The molecule has 92 valence electrons. The highest BCUT2D eigenvalue weighted by molar-refractivity contribution is 5.95. The van der Waals surface area contributed by atoms with E-state index in [1.54, 1.807) is 6.20 Å². The molecule has 1 aliphatic rings. The number of nitrogens with two attached hydrogens (primary N) is 1. The minimum atomic E-state index is -0.369. The summed E-state index contributed by atoms with van der Waals surface area (Å²) in [5.41, 5.74) is 6.44. The number of nitrogens with zero attached hydrogens (tertiary/aromatic N) is 1. The van der Waals surface area contributed by atoms with Crippen LogP contribution in [0.3, 0.4) is 0 Å². The van der Waals surface area contributed by atoms with Gasteiger partial charge in [-0.05, 0) is 37.3 Å². The fourth-order valence-corrected chi connectivity index (χ4v) is 2.51. The van der Waals surface area contributed by atoms with Gasteiger partial charge in [0, 0.05) is 12.7 Å². The molecule has 1 aromatic rings. The van der Waals surface area contributed by atoms with Gasteiger partial charge in [-0.3, -0.25) is 4.79 Å². The van der Waals surface area contributed by atoms with Crippen molar-refractivity contribution in [1.82, 2.24) is 4.98 Å². The van der Waals surface area contributed by atoms with E-state index in [-0.39, 0.29) is 11.3 Å². The highest BCUT2D eigenvalue weighted by Crippen LogP contribution is 2.45. The third-order valence-electron chi connectivity index (χ3n) is 3.50. The van der Waals surface area contributed by atoms with Crippen molar-refractivity contribution in [3.8, 4) is 0 Å². The molecule has 0 spiro atoms. The lowest BCUT2D eigenvalue weighted by Gasteiger charge is -2.44. The molecule has 0 bridgehead atoms. The number of anilines is 1. The van der Waals surface area contributed by atoms with Crippen LogP contribution in [0, 0.1) is 18.3 Å². The topological polar surface area (TPSA) is 68.0 Å². The minimum absolute atomic E-state index is 0.00875. The Kier molecular flexibility index (Phi) is 3.15. The van der Waals surface area contributed by atoms with Gasteiger partial charge in [0.25, 0.3) is 0 Å². The number of aromatic nitrogens is 1. The van der Waals surface area contributed by atoms with Gasteiger partial charge in [-0.1, -0.05) is 13.0 Å². The molecule has 1 aromatic heterocycles. The van der Waals surface area contributed by atoms with Crippen molar-refractivity contribution in [3.63, 3.8) is 0 Å². The quantitative estimate of drug-likeness (QED) is 0.835. The van der Waals surface area contributed by atoms with E-state index < -0.39 is 0 Å². The summed E-state index contributed by atoms with van der Waals surface area (Å²) in [5, 5.41) is 2.85. The van der Waals surface area contributed by atoms with Gasteiger partial charge in [0.05, 0.1) is 5.41 Å². The zero-order valence-corrected chi connectivity index (χ0v) is 10.4. The van der Waals surface area contributed by atoms with E-state index in [4.69, 9.17) is 5.73 Å². The summed E-state index contributed by atoms with van der Waals surface area (Å²) >= 11 is 0. The zero-order chi connectivity index (χ0) is 12.5. The van der Waals surface area contributed by atoms with Gasteiger partial charge in [0.1, 0.15) is 5.82 Å². The Bertz CT molecular complexity index is 407. The van der Waals surface area contributed by atoms with Crippen molar-refractivity contribution < 1.29 is 4.79 Å². The van der Waals surface area contributed by atoms with E-state index in [0.717, 1.165) is 18.4 Å². The van der Waals surface area contributed by atoms with E-state index in [2.05, 4.69) is 17.2 Å². The van der Waals surface area contributed by atoms with Gasteiger partial charge in [-0.2, -0.15) is 0 Å². The molecule has 1 saturated carbocycles. The number of hydrogen-bond acceptors (Lipinski definition) is 3. The molecule has 0 atom stereocenters. The molecule has 1 aliphatic carbocycles. The Hall–Kier alpha value is -1.42. The lowest BCUT2D eigenvalue weighted by Crippen LogP contribution is -2.51. The Labute approximate surface area is 102 Å². The van der Waals surface area contributed by atoms with Crippen LogP contribution in [0.1, 0.15) is 25.3 Å². The van der Waals surface area contributed by atoms with Crippen molar-refractivity contribution in [1.29, 1.82) is 0 Å². The first-order chi connectivity index (χ1) is 8.05. The van der Waals surface area contributed by atoms with E-state index in [9.17, 15) is 4.79 Å². The number of aryl methyl sites for hydroxylation is 1.